The van der Waals surface area contributed by atoms with Crippen LogP contribution in [0.3, 0.4) is 0 Å². The van der Waals surface area contributed by atoms with E-state index in [1.54, 1.807) is 18.2 Å². The number of thioether (sulfide) groups is 1. The number of nitriles is 1. The van der Waals surface area contributed by atoms with Crippen LogP contribution >= 0.6 is 34.7 Å². The average molecular weight is 606 g/mol. The van der Waals surface area contributed by atoms with Crippen molar-refractivity contribution in [2.45, 2.75) is 31.7 Å². The Bertz CT molecular complexity index is 1520. The number of halogens is 4. The fraction of sp³-hybridized carbons (Fsp3) is 0.250. The van der Waals surface area contributed by atoms with Crippen LogP contribution in [0, 0.1) is 31.1 Å². The number of alkyl halides is 3. The van der Waals surface area contributed by atoms with E-state index in [9.17, 15) is 33.1 Å². The van der Waals surface area contributed by atoms with Crippen LogP contribution in [0.1, 0.15) is 32.3 Å². The molecular weight excluding hydrogens is 583 g/mol. The van der Waals surface area contributed by atoms with Crippen LogP contribution in [0.25, 0.3) is 0 Å². The Morgan fingerprint density at radius 3 is 2.52 bits per heavy atom. The van der Waals surface area contributed by atoms with Crippen molar-refractivity contribution in [2.24, 2.45) is 5.92 Å². The monoisotopic (exact) mass is 605 g/mol. The van der Waals surface area contributed by atoms with E-state index in [4.69, 9.17) is 11.6 Å². The van der Waals surface area contributed by atoms with Gasteiger partial charge in [-0.15, -0.1) is 11.3 Å². The van der Waals surface area contributed by atoms with Gasteiger partial charge in [-0.25, -0.2) is 0 Å². The zero-order valence-electron chi connectivity index (χ0n) is 21.2. The first kappa shape index (κ1) is 29.7. The van der Waals surface area contributed by atoms with E-state index in [0.29, 0.717) is 17.4 Å². The molecule has 0 radical (unpaired) electrons. The molecule has 1 amide bonds. The van der Waals surface area contributed by atoms with Crippen LogP contribution in [0.15, 0.2) is 70.6 Å². The molecule has 0 bridgehead atoms. The molecule has 0 spiro atoms. The molecule has 12 heteroatoms. The quantitative estimate of drug-likeness (QED) is 0.264. The van der Waals surface area contributed by atoms with Crippen LogP contribution in [-0.4, -0.2) is 34.5 Å². The Morgan fingerprint density at radius 2 is 1.90 bits per heavy atom. The third-order valence-electron chi connectivity index (χ3n) is 6.71. The molecule has 1 aromatic heterocycles. The first-order valence-corrected chi connectivity index (χ1v) is 14.2. The largest absolute Gasteiger partial charge is 0.437 e. The van der Waals surface area contributed by atoms with E-state index in [2.05, 4.69) is 5.32 Å². The highest BCUT2D eigenvalue weighted by Crippen LogP contribution is 2.52. The second-order valence-electron chi connectivity index (χ2n) is 9.15. The van der Waals surface area contributed by atoms with Crippen molar-refractivity contribution in [1.82, 2.24) is 5.32 Å². The van der Waals surface area contributed by atoms with E-state index >= 15 is 0 Å². The number of hydrogen-bond acceptors (Lipinski definition) is 7. The zero-order chi connectivity index (χ0) is 29.2. The predicted molar refractivity (Wildman–Crippen MR) is 150 cm³/mol. The first-order valence-electron chi connectivity index (χ1n) is 11.9. The van der Waals surface area contributed by atoms with Gasteiger partial charge in [0.05, 0.1) is 33.2 Å². The van der Waals surface area contributed by atoms with Gasteiger partial charge in [-0.1, -0.05) is 59.8 Å². The highest BCUT2D eigenvalue weighted by molar-refractivity contribution is 8.03. The Labute approximate surface area is 241 Å². The molecule has 3 atom stereocenters. The summed E-state index contributed by atoms with van der Waals surface area (Å²) in [6, 6.07) is 16.0. The summed E-state index contributed by atoms with van der Waals surface area (Å²) < 4.78 is 44.0. The first-order chi connectivity index (χ1) is 18.9. The predicted octanol–water partition coefficient (Wildman–Crippen LogP) is 6.56. The molecule has 208 valence electrons. The maximum atomic E-state index is 14.7. The van der Waals surface area contributed by atoms with E-state index in [0.717, 1.165) is 22.5 Å². The minimum absolute atomic E-state index is 0.0205. The fourth-order valence-corrected chi connectivity index (χ4v) is 6.40. The van der Waals surface area contributed by atoms with Crippen LogP contribution in [0.5, 0.6) is 0 Å². The van der Waals surface area contributed by atoms with Crippen molar-refractivity contribution in [3.8, 4) is 6.07 Å². The molecule has 4 rings (SSSR count). The molecule has 3 N–H and O–H groups in total. The second kappa shape index (κ2) is 11.7. The SMILES string of the molecule is Cc1cccc(NC(=O)CSC2=C(C#N)[C@@H](c3ccccc3Cl)[C@@H](C(=O)c3cccs3)[C@](O)(C(F)(F)F)N2)c1C. The summed E-state index contributed by atoms with van der Waals surface area (Å²) in [5.41, 5.74) is -1.65. The molecule has 1 aliphatic heterocycles. The van der Waals surface area contributed by atoms with E-state index in [1.165, 1.54) is 35.7 Å². The zero-order valence-corrected chi connectivity index (χ0v) is 23.6. The molecule has 2 heterocycles. The standard InChI is InChI=1S/C28H23ClF3N3O3S2/c1-15-7-5-10-20(16(15)2)34-22(36)14-40-26-18(13-33)23(17-8-3-4-9-19(17)29)24(25(37)21-11-6-12-39-21)27(38,35-26)28(30,31)32/h3-12,23-24,35,38H,14H2,1-2H3,(H,34,36)/t23-,24+,27+/m1/s1. The molecule has 0 fully saturated rings. The topological polar surface area (TPSA) is 102 Å². The number of carbonyl (C=O) groups excluding carboxylic acids is 2. The number of benzene rings is 2. The summed E-state index contributed by atoms with van der Waals surface area (Å²) in [5.74, 6) is -5.67. The van der Waals surface area contributed by atoms with Gasteiger partial charge in [0.25, 0.3) is 0 Å². The summed E-state index contributed by atoms with van der Waals surface area (Å²) in [6.07, 6.45) is -5.35. The van der Waals surface area contributed by atoms with Crippen LogP contribution in [-0.2, 0) is 4.79 Å². The highest BCUT2D eigenvalue weighted by Gasteiger charge is 2.66. The fourth-order valence-electron chi connectivity index (χ4n) is 4.53. The van der Waals surface area contributed by atoms with E-state index in [1.807, 2.05) is 31.3 Å². The van der Waals surface area contributed by atoms with Crippen molar-refractivity contribution >= 4 is 52.1 Å². The molecular formula is C28H23ClF3N3O3S2. The summed E-state index contributed by atoms with van der Waals surface area (Å²) in [7, 11) is 0. The molecule has 0 aliphatic carbocycles. The number of allylic oxidation sites excluding steroid dienone is 1. The Balaban J connectivity index is 1.80. The number of ketones is 1. The van der Waals surface area contributed by atoms with E-state index in [-0.39, 0.29) is 31.8 Å². The minimum Gasteiger partial charge on any atom is -0.363 e. The number of nitrogens with zero attached hydrogens (tertiary/aromatic N) is 1. The van der Waals surface area contributed by atoms with Gasteiger partial charge in [0.2, 0.25) is 11.6 Å². The molecule has 0 saturated carbocycles. The number of aliphatic hydroxyl groups is 1. The highest BCUT2D eigenvalue weighted by atomic mass is 35.5. The Kier molecular flexibility index (Phi) is 8.66. The normalized spacial score (nSPS) is 20.9. The lowest BCUT2D eigenvalue weighted by Crippen LogP contribution is -2.66. The number of nitrogens with one attached hydrogen (secondary N) is 2. The van der Waals surface area contributed by atoms with Gasteiger partial charge in [0.1, 0.15) is 0 Å². The maximum Gasteiger partial charge on any atom is 0.437 e. The summed E-state index contributed by atoms with van der Waals surface area (Å²) in [5, 5.41) is 27.4. The summed E-state index contributed by atoms with van der Waals surface area (Å²) in [4.78, 5) is 26.3. The number of amides is 1. The van der Waals surface area contributed by atoms with Gasteiger partial charge in [-0.3, -0.25) is 9.59 Å². The molecule has 6 nitrogen and oxygen atoms in total. The lowest BCUT2D eigenvalue weighted by molar-refractivity contribution is -0.285. The van der Waals surface area contributed by atoms with Crippen molar-refractivity contribution in [3.05, 3.63) is 97.2 Å². The van der Waals surface area contributed by atoms with Gasteiger partial charge in [-0.05, 0) is 54.1 Å². The van der Waals surface area contributed by atoms with Gasteiger partial charge in [0.15, 0.2) is 5.78 Å². The average Bonchev–Trinajstić information content (AvgIpc) is 3.44. The van der Waals surface area contributed by atoms with Crippen molar-refractivity contribution in [3.63, 3.8) is 0 Å². The van der Waals surface area contributed by atoms with Gasteiger partial charge in [-0.2, -0.15) is 18.4 Å². The van der Waals surface area contributed by atoms with Crippen LogP contribution in [0.2, 0.25) is 5.02 Å². The lowest BCUT2D eigenvalue weighted by Gasteiger charge is -2.45. The smallest absolute Gasteiger partial charge is 0.363 e. The lowest BCUT2D eigenvalue weighted by atomic mass is 9.70. The maximum absolute atomic E-state index is 14.7. The summed E-state index contributed by atoms with van der Waals surface area (Å²) >= 11 is 7.92. The van der Waals surface area contributed by atoms with Crippen molar-refractivity contribution in [2.75, 3.05) is 11.1 Å². The molecule has 1 aliphatic rings. The minimum atomic E-state index is -5.35. The number of carbonyl (C=O) groups is 2. The van der Waals surface area contributed by atoms with Gasteiger partial charge < -0.3 is 15.7 Å². The molecule has 2 aromatic carbocycles. The third kappa shape index (κ3) is 5.63. The Hall–Kier alpha value is -3.30. The van der Waals surface area contributed by atoms with Crippen LogP contribution in [0.4, 0.5) is 18.9 Å². The van der Waals surface area contributed by atoms with E-state index < -0.39 is 35.4 Å². The number of anilines is 1. The van der Waals surface area contributed by atoms with Gasteiger partial charge >= 0.3 is 6.18 Å². The number of Topliss-reactive ketones (excluding diaryl/α,β-unsaturated/α-hetero) is 1. The summed E-state index contributed by atoms with van der Waals surface area (Å²) in [6.45, 7) is 3.69. The van der Waals surface area contributed by atoms with Crippen LogP contribution < -0.4 is 10.6 Å². The van der Waals surface area contributed by atoms with Gasteiger partial charge in [0, 0.05) is 16.6 Å². The molecule has 3 aromatic rings. The third-order valence-corrected chi connectivity index (χ3v) is 8.95. The number of hydrogen-bond donors (Lipinski definition) is 3. The molecule has 0 unspecified atom stereocenters. The van der Waals surface area contributed by atoms with Crippen molar-refractivity contribution < 1.29 is 27.9 Å². The second-order valence-corrected chi connectivity index (χ2v) is 11.5. The number of rotatable bonds is 7. The number of aryl methyl sites for hydroxylation is 1. The molecule has 0 saturated heterocycles. The molecule has 40 heavy (non-hydrogen) atoms. The van der Waals surface area contributed by atoms with Crippen molar-refractivity contribution in [1.29, 1.82) is 5.26 Å². The Morgan fingerprint density at radius 1 is 1.18 bits per heavy atom. The number of thiophene rings is 1.